The Balaban J connectivity index is 2.29. The van der Waals surface area contributed by atoms with Gasteiger partial charge >= 0.3 is 0 Å². The number of benzene rings is 1. The second-order valence-corrected chi connectivity index (χ2v) is 4.20. The van der Waals surface area contributed by atoms with Crippen LogP contribution in [0.25, 0.3) is 0 Å². The highest BCUT2D eigenvalue weighted by molar-refractivity contribution is 5.60. The molecule has 0 spiro atoms. The molecule has 2 atom stereocenters. The van der Waals surface area contributed by atoms with Gasteiger partial charge in [-0.3, -0.25) is 0 Å². The first-order valence-corrected chi connectivity index (χ1v) is 5.20. The van der Waals surface area contributed by atoms with Crippen molar-refractivity contribution in [1.29, 1.82) is 0 Å². The molecule has 0 saturated carbocycles. The summed E-state index contributed by atoms with van der Waals surface area (Å²) in [5.41, 5.74) is 3.97. The Morgan fingerprint density at radius 1 is 1.57 bits per heavy atom. The van der Waals surface area contributed by atoms with Gasteiger partial charge in [0, 0.05) is 18.2 Å². The summed E-state index contributed by atoms with van der Waals surface area (Å²) in [5.74, 6) is 0.478. The summed E-state index contributed by atoms with van der Waals surface area (Å²) >= 11 is 0. The largest absolute Gasteiger partial charge is 0.393 e. The number of nitrogens with one attached hydrogen (secondary N) is 1. The Bertz CT molecular complexity index is 333. The first-order chi connectivity index (χ1) is 6.68. The summed E-state index contributed by atoms with van der Waals surface area (Å²) < 4.78 is 0. The number of aliphatic hydroxyl groups excluding tert-OH is 1. The Morgan fingerprint density at radius 2 is 2.36 bits per heavy atom. The zero-order valence-corrected chi connectivity index (χ0v) is 8.75. The van der Waals surface area contributed by atoms with E-state index in [4.69, 9.17) is 0 Å². The molecule has 76 valence electrons. The second kappa shape index (κ2) is 3.62. The minimum absolute atomic E-state index is 0.215. The molecule has 1 aromatic carbocycles. The summed E-state index contributed by atoms with van der Waals surface area (Å²) in [5, 5.41) is 12.8. The van der Waals surface area contributed by atoms with E-state index in [0.29, 0.717) is 5.92 Å². The molecule has 1 aliphatic rings. The molecule has 2 nitrogen and oxygen atoms in total. The summed E-state index contributed by atoms with van der Waals surface area (Å²) in [6.07, 6.45) is 0.637. The van der Waals surface area contributed by atoms with E-state index in [9.17, 15) is 5.11 Å². The molecular weight excluding hydrogens is 174 g/mol. The van der Waals surface area contributed by atoms with Crippen molar-refractivity contribution < 1.29 is 5.11 Å². The fourth-order valence-electron chi connectivity index (χ4n) is 2.32. The molecule has 0 radical (unpaired) electrons. The number of hydrogen-bond donors (Lipinski definition) is 2. The van der Waals surface area contributed by atoms with Crippen LogP contribution in [0.3, 0.4) is 0 Å². The van der Waals surface area contributed by atoms with Gasteiger partial charge in [-0.25, -0.2) is 0 Å². The molecule has 0 amide bonds. The SMILES string of the molecule is Cc1cccc2c1C(CC(C)O)CN2. The van der Waals surface area contributed by atoms with Crippen LogP contribution in [-0.4, -0.2) is 17.8 Å². The molecule has 1 aliphatic heterocycles. The lowest BCUT2D eigenvalue weighted by Gasteiger charge is -2.13. The average molecular weight is 191 g/mol. The van der Waals surface area contributed by atoms with Crippen molar-refractivity contribution in [3.05, 3.63) is 29.3 Å². The normalized spacial score (nSPS) is 21.5. The van der Waals surface area contributed by atoms with Gasteiger partial charge in [0.05, 0.1) is 6.10 Å². The van der Waals surface area contributed by atoms with Crippen LogP contribution >= 0.6 is 0 Å². The molecule has 0 fully saturated rings. The molecule has 1 heterocycles. The standard InChI is InChI=1S/C12H17NO/c1-8-4-3-5-11-12(8)10(7-13-11)6-9(2)14/h3-5,9-10,13-14H,6-7H2,1-2H3. The predicted octanol–water partition coefficient (Wildman–Crippen LogP) is 2.28. The number of aryl methyl sites for hydroxylation is 1. The van der Waals surface area contributed by atoms with Crippen LogP contribution in [0.4, 0.5) is 5.69 Å². The third-order valence-corrected chi connectivity index (χ3v) is 2.90. The number of aliphatic hydroxyl groups is 1. The summed E-state index contributed by atoms with van der Waals surface area (Å²) in [4.78, 5) is 0. The monoisotopic (exact) mass is 191 g/mol. The molecule has 2 N–H and O–H groups in total. The molecule has 0 bridgehead atoms. The van der Waals surface area contributed by atoms with Crippen LogP contribution in [-0.2, 0) is 0 Å². The lowest BCUT2D eigenvalue weighted by molar-refractivity contribution is 0.176. The van der Waals surface area contributed by atoms with Crippen molar-refractivity contribution >= 4 is 5.69 Å². The molecule has 2 heteroatoms. The quantitative estimate of drug-likeness (QED) is 0.751. The van der Waals surface area contributed by atoms with Crippen LogP contribution in [0.2, 0.25) is 0 Å². The smallest absolute Gasteiger partial charge is 0.0518 e. The predicted molar refractivity (Wildman–Crippen MR) is 58.7 cm³/mol. The summed E-state index contributed by atoms with van der Waals surface area (Å²) in [7, 11) is 0. The number of rotatable bonds is 2. The van der Waals surface area contributed by atoms with Gasteiger partial charge < -0.3 is 10.4 Å². The van der Waals surface area contributed by atoms with Gasteiger partial charge in [-0.05, 0) is 37.5 Å². The van der Waals surface area contributed by atoms with E-state index in [1.807, 2.05) is 6.92 Å². The van der Waals surface area contributed by atoms with Crippen molar-refractivity contribution in [2.75, 3.05) is 11.9 Å². The van der Waals surface area contributed by atoms with Gasteiger partial charge in [0.2, 0.25) is 0 Å². The van der Waals surface area contributed by atoms with E-state index in [1.165, 1.54) is 16.8 Å². The Labute approximate surface area is 85.0 Å². The highest BCUT2D eigenvalue weighted by Crippen LogP contribution is 2.36. The lowest BCUT2D eigenvalue weighted by atomic mass is 9.92. The van der Waals surface area contributed by atoms with E-state index < -0.39 is 0 Å². The Hall–Kier alpha value is -1.02. The van der Waals surface area contributed by atoms with Crippen LogP contribution in [0, 0.1) is 6.92 Å². The maximum absolute atomic E-state index is 9.40. The van der Waals surface area contributed by atoms with E-state index in [0.717, 1.165) is 13.0 Å². The highest BCUT2D eigenvalue weighted by Gasteiger charge is 2.24. The van der Waals surface area contributed by atoms with Crippen LogP contribution < -0.4 is 5.32 Å². The minimum atomic E-state index is -0.215. The first-order valence-electron chi connectivity index (χ1n) is 5.20. The van der Waals surface area contributed by atoms with E-state index in [-0.39, 0.29) is 6.10 Å². The molecular formula is C12H17NO. The fourth-order valence-corrected chi connectivity index (χ4v) is 2.32. The summed E-state index contributed by atoms with van der Waals surface area (Å²) in [6.45, 7) is 4.96. The zero-order chi connectivity index (χ0) is 10.1. The number of hydrogen-bond acceptors (Lipinski definition) is 2. The van der Waals surface area contributed by atoms with E-state index >= 15 is 0 Å². The van der Waals surface area contributed by atoms with Crippen LogP contribution in [0.15, 0.2) is 18.2 Å². The average Bonchev–Trinajstić information content (AvgIpc) is 2.49. The van der Waals surface area contributed by atoms with Crippen LogP contribution in [0.5, 0.6) is 0 Å². The molecule has 0 aromatic heterocycles. The topological polar surface area (TPSA) is 32.3 Å². The second-order valence-electron chi connectivity index (χ2n) is 4.20. The van der Waals surface area contributed by atoms with Gasteiger partial charge in [0.25, 0.3) is 0 Å². The Kier molecular flexibility index (Phi) is 2.46. The van der Waals surface area contributed by atoms with Crippen LogP contribution in [0.1, 0.15) is 30.4 Å². The summed E-state index contributed by atoms with van der Waals surface area (Å²) in [6, 6.07) is 6.33. The Morgan fingerprint density at radius 3 is 3.07 bits per heavy atom. The third kappa shape index (κ3) is 1.62. The third-order valence-electron chi connectivity index (χ3n) is 2.90. The van der Waals surface area contributed by atoms with E-state index in [1.54, 1.807) is 0 Å². The van der Waals surface area contributed by atoms with Gasteiger partial charge in [-0.1, -0.05) is 12.1 Å². The first kappa shape index (κ1) is 9.53. The van der Waals surface area contributed by atoms with Crippen molar-refractivity contribution in [1.82, 2.24) is 0 Å². The van der Waals surface area contributed by atoms with Gasteiger partial charge in [0.1, 0.15) is 0 Å². The fraction of sp³-hybridized carbons (Fsp3) is 0.500. The van der Waals surface area contributed by atoms with E-state index in [2.05, 4.69) is 30.4 Å². The van der Waals surface area contributed by atoms with Crippen molar-refractivity contribution in [2.24, 2.45) is 0 Å². The van der Waals surface area contributed by atoms with Crippen molar-refractivity contribution in [3.63, 3.8) is 0 Å². The van der Waals surface area contributed by atoms with Gasteiger partial charge in [-0.15, -0.1) is 0 Å². The lowest BCUT2D eigenvalue weighted by Crippen LogP contribution is -2.10. The molecule has 0 saturated heterocycles. The highest BCUT2D eigenvalue weighted by atomic mass is 16.3. The van der Waals surface area contributed by atoms with Crippen molar-refractivity contribution in [2.45, 2.75) is 32.3 Å². The molecule has 2 rings (SSSR count). The molecule has 2 unspecified atom stereocenters. The molecule has 1 aromatic rings. The maximum Gasteiger partial charge on any atom is 0.0518 e. The number of anilines is 1. The number of fused-ring (bicyclic) bond motifs is 1. The molecule has 14 heavy (non-hydrogen) atoms. The molecule has 0 aliphatic carbocycles. The van der Waals surface area contributed by atoms with Gasteiger partial charge in [0.15, 0.2) is 0 Å². The maximum atomic E-state index is 9.40. The van der Waals surface area contributed by atoms with Gasteiger partial charge in [-0.2, -0.15) is 0 Å². The minimum Gasteiger partial charge on any atom is -0.393 e. The zero-order valence-electron chi connectivity index (χ0n) is 8.75. The van der Waals surface area contributed by atoms with Crippen molar-refractivity contribution in [3.8, 4) is 0 Å².